The zero-order valence-corrected chi connectivity index (χ0v) is 7.68. The van der Waals surface area contributed by atoms with Crippen molar-refractivity contribution in [2.45, 2.75) is 0 Å². The summed E-state index contributed by atoms with van der Waals surface area (Å²) in [5, 5.41) is 0.439. The van der Waals surface area contributed by atoms with E-state index in [1.807, 2.05) is 0 Å². The smallest absolute Gasteiger partial charge is 0.143 e. The lowest BCUT2D eigenvalue weighted by Gasteiger charge is -2.08. The Kier molecular flexibility index (Phi) is 2.65. The fraction of sp³-hybridized carbons (Fsp3) is 0.250. The average molecular weight is 188 g/mol. The standard InChI is InChI=1S/C8H10ClNO2/c1-11-6-3-5(10)4-7(12-2)8(6)9/h3-4H,10H2,1-2H3. The van der Waals surface area contributed by atoms with Crippen LogP contribution in [0.4, 0.5) is 5.69 Å². The van der Waals surface area contributed by atoms with Crippen molar-refractivity contribution >= 4 is 17.3 Å². The highest BCUT2D eigenvalue weighted by Crippen LogP contribution is 2.35. The number of halogens is 1. The Morgan fingerprint density at radius 3 is 1.92 bits per heavy atom. The van der Waals surface area contributed by atoms with Crippen LogP contribution in [-0.2, 0) is 0 Å². The minimum absolute atomic E-state index is 0.439. The molecule has 0 amide bonds. The minimum Gasteiger partial charge on any atom is -0.495 e. The van der Waals surface area contributed by atoms with Gasteiger partial charge in [-0.2, -0.15) is 0 Å². The maximum Gasteiger partial charge on any atom is 0.143 e. The lowest BCUT2D eigenvalue weighted by atomic mass is 10.3. The van der Waals surface area contributed by atoms with E-state index in [1.165, 1.54) is 14.2 Å². The van der Waals surface area contributed by atoms with Gasteiger partial charge >= 0.3 is 0 Å². The number of nitrogen functional groups attached to an aromatic ring is 1. The van der Waals surface area contributed by atoms with E-state index >= 15 is 0 Å². The number of hydrogen-bond acceptors (Lipinski definition) is 3. The first-order valence-electron chi connectivity index (χ1n) is 3.36. The number of nitrogens with two attached hydrogens (primary N) is 1. The van der Waals surface area contributed by atoms with Crippen LogP contribution in [0, 0.1) is 0 Å². The number of rotatable bonds is 2. The summed E-state index contributed by atoms with van der Waals surface area (Å²) in [5.74, 6) is 1.04. The predicted molar refractivity (Wildman–Crippen MR) is 49.0 cm³/mol. The van der Waals surface area contributed by atoms with Gasteiger partial charge in [0.05, 0.1) is 14.2 Å². The van der Waals surface area contributed by atoms with Gasteiger partial charge in [-0.15, -0.1) is 0 Å². The van der Waals surface area contributed by atoms with E-state index in [1.54, 1.807) is 12.1 Å². The second-order valence-electron chi connectivity index (χ2n) is 2.24. The van der Waals surface area contributed by atoms with Crippen molar-refractivity contribution in [2.75, 3.05) is 20.0 Å². The van der Waals surface area contributed by atoms with E-state index in [4.69, 9.17) is 26.8 Å². The maximum atomic E-state index is 5.88. The molecule has 1 aromatic carbocycles. The minimum atomic E-state index is 0.439. The summed E-state index contributed by atoms with van der Waals surface area (Å²) in [4.78, 5) is 0. The van der Waals surface area contributed by atoms with E-state index in [0.29, 0.717) is 22.2 Å². The van der Waals surface area contributed by atoms with Crippen LogP contribution in [0.2, 0.25) is 5.02 Å². The first kappa shape index (κ1) is 9.00. The summed E-state index contributed by atoms with van der Waals surface area (Å²) in [5.41, 5.74) is 6.12. The summed E-state index contributed by atoms with van der Waals surface area (Å²) >= 11 is 5.88. The van der Waals surface area contributed by atoms with Crippen molar-refractivity contribution in [1.29, 1.82) is 0 Å². The third-order valence-electron chi connectivity index (χ3n) is 1.47. The summed E-state index contributed by atoms with van der Waals surface area (Å²) in [6, 6.07) is 3.29. The van der Waals surface area contributed by atoms with E-state index in [9.17, 15) is 0 Å². The molecule has 0 aromatic heterocycles. The molecule has 0 bridgehead atoms. The molecule has 0 saturated carbocycles. The Bertz CT molecular complexity index is 263. The molecule has 1 aromatic rings. The Labute approximate surface area is 76.0 Å². The monoisotopic (exact) mass is 187 g/mol. The van der Waals surface area contributed by atoms with Crippen LogP contribution in [0.1, 0.15) is 0 Å². The van der Waals surface area contributed by atoms with Gasteiger partial charge in [-0.25, -0.2) is 0 Å². The molecule has 0 aliphatic rings. The van der Waals surface area contributed by atoms with Gasteiger partial charge in [0, 0.05) is 17.8 Å². The summed E-state index contributed by atoms with van der Waals surface area (Å²) in [6.45, 7) is 0. The van der Waals surface area contributed by atoms with Crippen molar-refractivity contribution in [1.82, 2.24) is 0 Å². The highest BCUT2D eigenvalue weighted by atomic mass is 35.5. The Hall–Kier alpha value is -1.09. The highest BCUT2D eigenvalue weighted by molar-refractivity contribution is 6.33. The normalized spacial score (nSPS) is 9.58. The quantitative estimate of drug-likeness (QED) is 0.720. The van der Waals surface area contributed by atoms with Crippen LogP contribution in [0.25, 0.3) is 0 Å². The molecule has 0 aliphatic heterocycles. The molecule has 0 unspecified atom stereocenters. The van der Waals surface area contributed by atoms with Crippen LogP contribution in [-0.4, -0.2) is 14.2 Å². The third-order valence-corrected chi connectivity index (χ3v) is 1.84. The molecule has 0 radical (unpaired) electrons. The van der Waals surface area contributed by atoms with E-state index in [0.717, 1.165) is 0 Å². The zero-order valence-electron chi connectivity index (χ0n) is 6.93. The molecule has 3 nitrogen and oxygen atoms in total. The van der Waals surface area contributed by atoms with Gasteiger partial charge in [0.15, 0.2) is 0 Å². The fourth-order valence-electron chi connectivity index (χ4n) is 0.890. The fourth-order valence-corrected chi connectivity index (χ4v) is 1.15. The van der Waals surface area contributed by atoms with Gasteiger partial charge < -0.3 is 15.2 Å². The van der Waals surface area contributed by atoms with Gasteiger partial charge in [-0.1, -0.05) is 11.6 Å². The van der Waals surface area contributed by atoms with Crippen LogP contribution >= 0.6 is 11.6 Å². The maximum absolute atomic E-state index is 5.88. The van der Waals surface area contributed by atoms with Crippen molar-refractivity contribution in [3.8, 4) is 11.5 Å². The molecule has 0 saturated heterocycles. The summed E-state index contributed by atoms with van der Waals surface area (Å²) < 4.78 is 9.95. The first-order chi connectivity index (χ1) is 5.69. The average Bonchev–Trinajstić information content (AvgIpc) is 2.08. The molecule has 12 heavy (non-hydrogen) atoms. The van der Waals surface area contributed by atoms with Crippen LogP contribution in [0.5, 0.6) is 11.5 Å². The van der Waals surface area contributed by atoms with Crippen molar-refractivity contribution in [3.63, 3.8) is 0 Å². The SMILES string of the molecule is COc1cc(N)cc(OC)c1Cl. The second-order valence-corrected chi connectivity index (χ2v) is 2.62. The zero-order chi connectivity index (χ0) is 9.14. The van der Waals surface area contributed by atoms with Gasteiger partial charge in [0.1, 0.15) is 16.5 Å². The molecule has 0 aliphatic carbocycles. The molecule has 0 fully saturated rings. The number of ether oxygens (including phenoxy) is 2. The van der Waals surface area contributed by atoms with E-state index in [2.05, 4.69) is 0 Å². The first-order valence-corrected chi connectivity index (χ1v) is 3.74. The summed E-state index contributed by atoms with van der Waals surface area (Å²) in [6.07, 6.45) is 0. The predicted octanol–water partition coefficient (Wildman–Crippen LogP) is 1.94. The van der Waals surface area contributed by atoms with Gasteiger partial charge in [-0.3, -0.25) is 0 Å². The number of methoxy groups -OCH3 is 2. The lowest BCUT2D eigenvalue weighted by Crippen LogP contribution is -1.92. The van der Waals surface area contributed by atoms with Crippen LogP contribution < -0.4 is 15.2 Å². The largest absolute Gasteiger partial charge is 0.495 e. The van der Waals surface area contributed by atoms with Gasteiger partial charge in [-0.05, 0) is 0 Å². The molecule has 0 spiro atoms. The molecular weight excluding hydrogens is 178 g/mol. The van der Waals surface area contributed by atoms with Gasteiger partial charge in [0.2, 0.25) is 0 Å². The molecule has 4 heteroatoms. The number of benzene rings is 1. The van der Waals surface area contributed by atoms with Crippen LogP contribution in [0.3, 0.4) is 0 Å². The highest BCUT2D eigenvalue weighted by Gasteiger charge is 2.07. The third kappa shape index (κ3) is 1.56. The van der Waals surface area contributed by atoms with Crippen LogP contribution in [0.15, 0.2) is 12.1 Å². The molecule has 1 rings (SSSR count). The molecule has 0 atom stereocenters. The topological polar surface area (TPSA) is 44.5 Å². The van der Waals surface area contributed by atoms with Crippen molar-refractivity contribution < 1.29 is 9.47 Å². The van der Waals surface area contributed by atoms with Gasteiger partial charge in [0.25, 0.3) is 0 Å². The molecule has 66 valence electrons. The Morgan fingerprint density at radius 1 is 1.17 bits per heavy atom. The van der Waals surface area contributed by atoms with Crippen molar-refractivity contribution in [3.05, 3.63) is 17.2 Å². The lowest BCUT2D eigenvalue weighted by molar-refractivity contribution is 0.395. The number of anilines is 1. The molecular formula is C8H10ClNO2. The summed E-state index contributed by atoms with van der Waals surface area (Å²) in [7, 11) is 3.06. The van der Waals surface area contributed by atoms with Crippen molar-refractivity contribution in [2.24, 2.45) is 0 Å². The molecule has 0 heterocycles. The number of hydrogen-bond donors (Lipinski definition) is 1. The second kappa shape index (κ2) is 3.54. The van der Waals surface area contributed by atoms with E-state index < -0.39 is 0 Å². The Morgan fingerprint density at radius 2 is 1.58 bits per heavy atom. The molecule has 2 N–H and O–H groups in total. The Balaban J connectivity index is 3.22. The van der Waals surface area contributed by atoms with E-state index in [-0.39, 0.29) is 0 Å².